The van der Waals surface area contributed by atoms with Gasteiger partial charge < -0.3 is 9.42 Å². The highest BCUT2D eigenvalue weighted by molar-refractivity contribution is 5.93. The number of rotatable bonds is 3. The van der Waals surface area contributed by atoms with Gasteiger partial charge in [0.1, 0.15) is 5.69 Å². The highest BCUT2D eigenvalue weighted by Gasteiger charge is 2.28. The molecule has 4 rings (SSSR count). The van der Waals surface area contributed by atoms with Crippen molar-refractivity contribution in [1.82, 2.24) is 25.0 Å². The van der Waals surface area contributed by atoms with Gasteiger partial charge in [0.2, 0.25) is 0 Å². The smallest absolute Gasteiger partial charge is 0.276 e. The molecule has 7 nitrogen and oxygen atoms in total. The molecular formula is C18H17N5O2. The number of amides is 1. The van der Waals surface area contributed by atoms with E-state index in [2.05, 4.69) is 20.1 Å². The van der Waals surface area contributed by atoms with Crippen molar-refractivity contribution >= 4 is 5.91 Å². The van der Waals surface area contributed by atoms with Crippen LogP contribution in [0.15, 0.2) is 53.4 Å². The molecule has 7 heteroatoms. The normalized spacial score (nSPS) is 17.4. The van der Waals surface area contributed by atoms with Gasteiger partial charge in [-0.25, -0.2) is 0 Å². The van der Waals surface area contributed by atoms with Gasteiger partial charge in [0.15, 0.2) is 5.82 Å². The molecule has 0 N–H and O–H groups in total. The van der Waals surface area contributed by atoms with Crippen LogP contribution in [0.2, 0.25) is 0 Å². The predicted molar refractivity (Wildman–Crippen MR) is 89.6 cm³/mol. The van der Waals surface area contributed by atoms with Crippen molar-refractivity contribution in [2.24, 2.45) is 0 Å². The second kappa shape index (κ2) is 6.80. The molecule has 25 heavy (non-hydrogen) atoms. The minimum absolute atomic E-state index is 0.00811. The van der Waals surface area contributed by atoms with Crippen LogP contribution in [0.25, 0.3) is 11.6 Å². The van der Waals surface area contributed by atoms with Gasteiger partial charge in [0, 0.05) is 37.6 Å². The first-order valence-corrected chi connectivity index (χ1v) is 8.25. The second-order valence-corrected chi connectivity index (χ2v) is 6.00. The van der Waals surface area contributed by atoms with Gasteiger partial charge in [-0.05, 0) is 37.1 Å². The van der Waals surface area contributed by atoms with Crippen LogP contribution in [0.5, 0.6) is 0 Å². The summed E-state index contributed by atoms with van der Waals surface area (Å²) < 4.78 is 5.35. The third kappa shape index (κ3) is 3.26. The van der Waals surface area contributed by atoms with Crippen molar-refractivity contribution in [3.05, 3.63) is 60.3 Å². The summed E-state index contributed by atoms with van der Waals surface area (Å²) in [5.41, 5.74) is 1.26. The molecule has 1 aliphatic rings. The minimum atomic E-state index is -0.00811. The quantitative estimate of drug-likeness (QED) is 0.731. The Morgan fingerprint density at radius 3 is 2.96 bits per heavy atom. The van der Waals surface area contributed by atoms with Crippen molar-refractivity contribution in [2.45, 2.75) is 18.8 Å². The SMILES string of the molecule is O=C(c1cccnc1)N1CCC[C@@H](c2noc(-c3ccccn3)n2)C1. The Morgan fingerprint density at radius 2 is 2.16 bits per heavy atom. The van der Waals surface area contributed by atoms with Crippen LogP contribution in [0.3, 0.4) is 0 Å². The van der Waals surface area contributed by atoms with E-state index in [1.54, 1.807) is 30.7 Å². The number of likely N-dealkylation sites (tertiary alicyclic amines) is 1. The molecule has 1 aliphatic heterocycles. The Labute approximate surface area is 144 Å². The first-order valence-electron chi connectivity index (χ1n) is 8.25. The first-order chi connectivity index (χ1) is 12.3. The van der Waals surface area contributed by atoms with Crippen molar-refractivity contribution in [1.29, 1.82) is 0 Å². The summed E-state index contributed by atoms with van der Waals surface area (Å²) in [4.78, 5) is 27.2. The molecule has 0 spiro atoms. The number of nitrogens with zero attached hydrogens (tertiary/aromatic N) is 5. The molecule has 3 aromatic rings. The Balaban J connectivity index is 1.50. The van der Waals surface area contributed by atoms with Gasteiger partial charge in [0.25, 0.3) is 11.8 Å². The Bertz CT molecular complexity index is 850. The Kier molecular flexibility index (Phi) is 4.20. The highest BCUT2D eigenvalue weighted by atomic mass is 16.5. The maximum atomic E-state index is 12.6. The molecule has 0 saturated carbocycles. The van der Waals surface area contributed by atoms with Gasteiger partial charge in [-0.15, -0.1) is 0 Å². The average Bonchev–Trinajstić information content (AvgIpc) is 3.19. The lowest BCUT2D eigenvalue weighted by Gasteiger charge is -2.31. The lowest BCUT2D eigenvalue weighted by Crippen LogP contribution is -2.39. The van der Waals surface area contributed by atoms with Gasteiger partial charge >= 0.3 is 0 Å². The summed E-state index contributed by atoms with van der Waals surface area (Å²) in [5.74, 6) is 1.09. The van der Waals surface area contributed by atoms with E-state index in [9.17, 15) is 4.79 Å². The number of aromatic nitrogens is 4. The second-order valence-electron chi connectivity index (χ2n) is 6.00. The molecule has 1 amide bonds. The fraction of sp³-hybridized carbons (Fsp3) is 0.278. The monoisotopic (exact) mass is 335 g/mol. The predicted octanol–water partition coefficient (Wildman–Crippen LogP) is 2.55. The van der Waals surface area contributed by atoms with Gasteiger partial charge in [-0.2, -0.15) is 4.98 Å². The molecule has 4 heterocycles. The fourth-order valence-electron chi connectivity index (χ4n) is 3.04. The number of piperidine rings is 1. The largest absolute Gasteiger partial charge is 0.338 e. The van der Waals surface area contributed by atoms with Crippen LogP contribution in [0.1, 0.15) is 34.9 Å². The van der Waals surface area contributed by atoms with Gasteiger partial charge in [0.05, 0.1) is 5.56 Å². The zero-order valence-electron chi connectivity index (χ0n) is 13.6. The molecule has 0 radical (unpaired) electrons. The van der Waals surface area contributed by atoms with Gasteiger partial charge in [-0.3, -0.25) is 14.8 Å². The maximum absolute atomic E-state index is 12.6. The Morgan fingerprint density at radius 1 is 1.20 bits per heavy atom. The summed E-state index contributed by atoms with van der Waals surface area (Å²) in [5, 5.41) is 4.11. The number of pyridine rings is 2. The topological polar surface area (TPSA) is 85.0 Å². The van der Waals surface area contributed by atoms with E-state index in [0.717, 1.165) is 19.4 Å². The van der Waals surface area contributed by atoms with Crippen LogP contribution >= 0.6 is 0 Å². The summed E-state index contributed by atoms with van der Waals surface area (Å²) >= 11 is 0. The standard InChI is InChI=1S/C18H17N5O2/c24-18(13-5-3-8-19-11-13)23-10-4-6-14(12-23)16-21-17(25-22-16)15-7-1-2-9-20-15/h1-3,5,7-9,11,14H,4,6,10,12H2/t14-/m1/s1. The number of carbonyl (C=O) groups excluding carboxylic acids is 1. The van der Waals surface area contributed by atoms with E-state index in [-0.39, 0.29) is 11.8 Å². The van der Waals surface area contributed by atoms with Crippen LogP contribution in [-0.2, 0) is 0 Å². The van der Waals surface area contributed by atoms with Crippen molar-refractivity contribution in [3.8, 4) is 11.6 Å². The zero-order chi connectivity index (χ0) is 17.1. The van der Waals surface area contributed by atoms with Crippen LogP contribution in [-0.4, -0.2) is 44.0 Å². The minimum Gasteiger partial charge on any atom is -0.338 e. The molecule has 3 aromatic heterocycles. The number of hydrogen-bond acceptors (Lipinski definition) is 6. The molecular weight excluding hydrogens is 318 g/mol. The maximum Gasteiger partial charge on any atom is 0.276 e. The lowest BCUT2D eigenvalue weighted by atomic mass is 9.97. The van der Waals surface area contributed by atoms with Crippen molar-refractivity contribution in [3.63, 3.8) is 0 Å². The summed E-state index contributed by atoms with van der Waals surface area (Å²) in [7, 11) is 0. The van der Waals surface area contributed by atoms with Crippen LogP contribution in [0.4, 0.5) is 0 Å². The molecule has 0 unspecified atom stereocenters. The van der Waals surface area contributed by atoms with Crippen molar-refractivity contribution < 1.29 is 9.32 Å². The Hall–Kier alpha value is -3.09. The molecule has 0 bridgehead atoms. The van der Waals surface area contributed by atoms with Crippen LogP contribution < -0.4 is 0 Å². The zero-order valence-corrected chi connectivity index (χ0v) is 13.6. The first kappa shape index (κ1) is 15.4. The number of hydrogen-bond donors (Lipinski definition) is 0. The van der Waals surface area contributed by atoms with E-state index >= 15 is 0 Å². The molecule has 0 aromatic carbocycles. The molecule has 1 fully saturated rings. The fourth-order valence-corrected chi connectivity index (χ4v) is 3.04. The third-order valence-electron chi connectivity index (χ3n) is 4.31. The van der Waals surface area contributed by atoms with E-state index in [4.69, 9.17) is 4.52 Å². The van der Waals surface area contributed by atoms with Crippen molar-refractivity contribution in [2.75, 3.05) is 13.1 Å². The number of carbonyl (C=O) groups is 1. The van der Waals surface area contributed by atoms with E-state index < -0.39 is 0 Å². The highest BCUT2D eigenvalue weighted by Crippen LogP contribution is 2.27. The summed E-state index contributed by atoms with van der Waals surface area (Å²) in [6.07, 6.45) is 6.78. The summed E-state index contributed by atoms with van der Waals surface area (Å²) in [6, 6.07) is 9.10. The molecule has 126 valence electrons. The molecule has 0 aliphatic carbocycles. The van der Waals surface area contributed by atoms with E-state index in [1.165, 1.54) is 0 Å². The molecule has 1 saturated heterocycles. The summed E-state index contributed by atoms with van der Waals surface area (Å²) in [6.45, 7) is 1.31. The third-order valence-corrected chi connectivity index (χ3v) is 4.31. The van der Waals surface area contributed by atoms with E-state index in [1.807, 2.05) is 23.1 Å². The van der Waals surface area contributed by atoms with E-state index in [0.29, 0.717) is 29.5 Å². The van der Waals surface area contributed by atoms with Crippen LogP contribution in [0, 0.1) is 0 Å². The average molecular weight is 335 g/mol. The lowest BCUT2D eigenvalue weighted by molar-refractivity contribution is 0.0703. The molecule has 1 atom stereocenters. The van der Waals surface area contributed by atoms with Gasteiger partial charge in [-0.1, -0.05) is 11.2 Å².